The van der Waals surface area contributed by atoms with Crippen molar-refractivity contribution < 1.29 is 10.2 Å². The number of halogens is 1. The highest BCUT2D eigenvalue weighted by molar-refractivity contribution is 14.1. The fraction of sp³-hybridized carbons (Fsp3) is 0.0769. The first kappa shape index (κ1) is 12.0. The molecule has 0 spiro atoms. The lowest BCUT2D eigenvalue weighted by molar-refractivity contribution is 0.400. The number of phenols is 2. The molecule has 0 radical (unpaired) electrons. The Labute approximate surface area is 113 Å². The molecule has 3 N–H and O–H groups in total. The van der Waals surface area contributed by atoms with E-state index >= 15 is 0 Å². The van der Waals surface area contributed by atoms with E-state index in [0.29, 0.717) is 12.1 Å². The van der Waals surface area contributed by atoms with Crippen LogP contribution in [0.15, 0.2) is 42.5 Å². The molecular formula is C13H12INO2. The molecule has 0 aliphatic heterocycles. The fourth-order valence-electron chi connectivity index (χ4n) is 1.52. The Morgan fingerprint density at radius 3 is 2.59 bits per heavy atom. The molecule has 0 aliphatic rings. The monoisotopic (exact) mass is 341 g/mol. The van der Waals surface area contributed by atoms with E-state index in [1.54, 1.807) is 12.1 Å². The Hall–Kier alpha value is -1.43. The predicted octanol–water partition coefficient (Wildman–Crippen LogP) is 3.31. The van der Waals surface area contributed by atoms with Crippen LogP contribution in [0.1, 0.15) is 5.56 Å². The van der Waals surface area contributed by atoms with Crippen LogP contribution in [0.2, 0.25) is 0 Å². The number of hydrogen-bond acceptors (Lipinski definition) is 3. The normalized spacial score (nSPS) is 10.2. The van der Waals surface area contributed by atoms with Crippen molar-refractivity contribution >= 4 is 28.3 Å². The molecule has 2 rings (SSSR count). The van der Waals surface area contributed by atoms with E-state index < -0.39 is 0 Å². The molecule has 0 heterocycles. The largest absolute Gasteiger partial charge is 0.504 e. The number of benzene rings is 2. The van der Waals surface area contributed by atoms with Gasteiger partial charge in [-0.05, 0) is 46.9 Å². The minimum absolute atomic E-state index is 0.0642. The van der Waals surface area contributed by atoms with Crippen LogP contribution in [-0.4, -0.2) is 10.2 Å². The first-order valence-corrected chi connectivity index (χ1v) is 6.24. The molecule has 0 atom stereocenters. The summed E-state index contributed by atoms with van der Waals surface area (Å²) in [5.74, 6) is -0.155. The summed E-state index contributed by atoms with van der Waals surface area (Å²) >= 11 is 2.24. The zero-order valence-electron chi connectivity index (χ0n) is 9.02. The summed E-state index contributed by atoms with van der Waals surface area (Å²) in [7, 11) is 0. The van der Waals surface area contributed by atoms with Gasteiger partial charge in [0.25, 0.3) is 0 Å². The Morgan fingerprint density at radius 1 is 1.06 bits per heavy atom. The number of anilines is 1. The third-order valence-electron chi connectivity index (χ3n) is 2.41. The minimum atomic E-state index is -0.0908. The van der Waals surface area contributed by atoms with Crippen LogP contribution < -0.4 is 5.32 Å². The molecule has 0 unspecified atom stereocenters. The zero-order valence-corrected chi connectivity index (χ0v) is 11.2. The van der Waals surface area contributed by atoms with Crippen LogP contribution in [0.4, 0.5) is 5.69 Å². The van der Waals surface area contributed by atoms with Crippen LogP contribution in [-0.2, 0) is 6.54 Å². The van der Waals surface area contributed by atoms with E-state index in [9.17, 15) is 10.2 Å². The highest BCUT2D eigenvalue weighted by Crippen LogP contribution is 2.28. The number of phenolic OH excluding ortho intramolecular Hbond substituents is 2. The molecule has 0 saturated carbocycles. The van der Waals surface area contributed by atoms with Gasteiger partial charge >= 0.3 is 0 Å². The van der Waals surface area contributed by atoms with E-state index in [1.165, 1.54) is 6.07 Å². The molecule has 17 heavy (non-hydrogen) atoms. The lowest BCUT2D eigenvalue weighted by Gasteiger charge is -2.09. The molecule has 2 aromatic carbocycles. The molecule has 0 amide bonds. The van der Waals surface area contributed by atoms with Gasteiger partial charge in [0.2, 0.25) is 0 Å². The lowest BCUT2D eigenvalue weighted by Crippen LogP contribution is -1.99. The summed E-state index contributed by atoms with van der Waals surface area (Å²) in [5, 5.41) is 22.2. The average Bonchev–Trinajstić information content (AvgIpc) is 2.31. The van der Waals surface area contributed by atoms with Gasteiger partial charge in [-0.15, -0.1) is 0 Å². The smallest absolute Gasteiger partial charge is 0.162 e. The molecule has 0 saturated heterocycles. The third-order valence-corrected chi connectivity index (χ3v) is 3.08. The fourth-order valence-corrected chi connectivity index (χ4v) is 2.06. The molecule has 0 aliphatic carbocycles. The Bertz CT molecular complexity index is 529. The van der Waals surface area contributed by atoms with Crippen LogP contribution in [0, 0.1) is 3.57 Å². The van der Waals surface area contributed by atoms with E-state index in [1.807, 2.05) is 24.3 Å². The number of nitrogens with one attached hydrogen (secondary N) is 1. The first-order valence-electron chi connectivity index (χ1n) is 5.16. The van der Waals surface area contributed by atoms with Gasteiger partial charge in [0, 0.05) is 21.4 Å². The summed E-state index contributed by atoms with van der Waals surface area (Å²) in [5.41, 5.74) is 1.66. The van der Waals surface area contributed by atoms with Gasteiger partial charge in [-0.1, -0.05) is 18.2 Å². The standard InChI is InChI=1S/C13H12INO2/c14-10-4-2-5-11(7-10)15-8-9-3-1-6-12(16)13(9)17/h1-7,15-17H,8H2. The summed E-state index contributed by atoms with van der Waals surface area (Å²) in [6, 6.07) is 12.9. The maximum absolute atomic E-state index is 9.64. The first-order chi connectivity index (χ1) is 8.16. The van der Waals surface area contributed by atoms with Crippen LogP contribution in [0.25, 0.3) is 0 Å². The molecule has 3 nitrogen and oxygen atoms in total. The van der Waals surface area contributed by atoms with Gasteiger partial charge in [-0.3, -0.25) is 0 Å². The van der Waals surface area contributed by atoms with Crippen molar-refractivity contribution in [1.82, 2.24) is 0 Å². The van der Waals surface area contributed by atoms with E-state index in [-0.39, 0.29) is 11.5 Å². The summed E-state index contributed by atoms with van der Waals surface area (Å²) in [4.78, 5) is 0. The van der Waals surface area contributed by atoms with Crippen molar-refractivity contribution in [3.8, 4) is 11.5 Å². The second-order valence-electron chi connectivity index (χ2n) is 3.65. The van der Waals surface area contributed by atoms with E-state index in [4.69, 9.17) is 0 Å². The van der Waals surface area contributed by atoms with Crippen molar-refractivity contribution in [3.05, 3.63) is 51.6 Å². The molecule has 0 fully saturated rings. The van der Waals surface area contributed by atoms with Crippen molar-refractivity contribution in [2.45, 2.75) is 6.54 Å². The number of hydrogen-bond donors (Lipinski definition) is 3. The summed E-state index contributed by atoms with van der Waals surface area (Å²) < 4.78 is 1.15. The van der Waals surface area contributed by atoms with Gasteiger partial charge in [0.05, 0.1) is 0 Å². The SMILES string of the molecule is Oc1cccc(CNc2cccc(I)c2)c1O. The summed E-state index contributed by atoms with van der Waals surface area (Å²) in [6.07, 6.45) is 0. The second kappa shape index (κ2) is 5.27. The number of rotatable bonds is 3. The van der Waals surface area contributed by atoms with Crippen LogP contribution in [0.3, 0.4) is 0 Å². The van der Waals surface area contributed by atoms with Crippen LogP contribution >= 0.6 is 22.6 Å². The lowest BCUT2D eigenvalue weighted by atomic mass is 10.2. The highest BCUT2D eigenvalue weighted by atomic mass is 127. The van der Waals surface area contributed by atoms with Crippen molar-refractivity contribution in [3.63, 3.8) is 0 Å². The van der Waals surface area contributed by atoms with Gasteiger partial charge < -0.3 is 15.5 Å². The number of aromatic hydroxyl groups is 2. The average molecular weight is 341 g/mol. The van der Waals surface area contributed by atoms with Crippen molar-refractivity contribution in [2.24, 2.45) is 0 Å². The summed E-state index contributed by atoms with van der Waals surface area (Å²) in [6.45, 7) is 0.473. The van der Waals surface area contributed by atoms with Gasteiger partial charge in [-0.2, -0.15) is 0 Å². The van der Waals surface area contributed by atoms with Gasteiger partial charge in [0.1, 0.15) is 0 Å². The molecular weight excluding hydrogens is 329 g/mol. The molecule has 2 aromatic rings. The topological polar surface area (TPSA) is 52.5 Å². The van der Waals surface area contributed by atoms with Crippen molar-refractivity contribution in [1.29, 1.82) is 0 Å². The zero-order chi connectivity index (χ0) is 12.3. The van der Waals surface area contributed by atoms with Crippen molar-refractivity contribution in [2.75, 3.05) is 5.32 Å². The maximum atomic E-state index is 9.64. The quantitative estimate of drug-likeness (QED) is 0.593. The van der Waals surface area contributed by atoms with Gasteiger partial charge in [0.15, 0.2) is 11.5 Å². The second-order valence-corrected chi connectivity index (χ2v) is 4.89. The maximum Gasteiger partial charge on any atom is 0.162 e. The minimum Gasteiger partial charge on any atom is -0.504 e. The Morgan fingerprint density at radius 2 is 1.82 bits per heavy atom. The van der Waals surface area contributed by atoms with E-state index in [0.717, 1.165) is 9.26 Å². The third kappa shape index (κ3) is 3.03. The molecule has 88 valence electrons. The highest BCUT2D eigenvalue weighted by Gasteiger charge is 2.05. The van der Waals surface area contributed by atoms with Crippen LogP contribution in [0.5, 0.6) is 11.5 Å². The Kier molecular flexibility index (Phi) is 3.73. The molecule has 4 heteroatoms. The molecule has 0 aromatic heterocycles. The number of para-hydroxylation sites is 1. The Balaban J connectivity index is 2.10. The predicted molar refractivity (Wildman–Crippen MR) is 76.3 cm³/mol. The van der Waals surface area contributed by atoms with Gasteiger partial charge in [-0.25, -0.2) is 0 Å². The van der Waals surface area contributed by atoms with E-state index in [2.05, 4.69) is 27.9 Å². The molecule has 0 bridgehead atoms.